The van der Waals surface area contributed by atoms with E-state index in [9.17, 15) is 0 Å². The molecule has 8 nitrogen and oxygen atoms in total. The molecule has 0 aliphatic rings. The second-order valence-corrected chi connectivity index (χ2v) is 0. The fourth-order valence-electron chi connectivity index (χ4n) is 0. The van der Waals surface area contributed by atoms with E-state index in [2.05, 4.69) is 95.7 Å². The van der Waals surface area contributed by atoms with Crippen LogP contribution in [0.15, 0.2) is 0 Å². The fraction of sp³-hybridized carbons (Fsp3) is 1.00. The van der Waals surface area contributed by atoms with Crippen molar-refractivity contribution in [2.75, 3.05) is 0 Å². The van der Waals surface area contributed by atoms with Gasteiger partial charge in [0.25, 0.3) is 0 Å². The first-order valence-corrected chi connectivity index (χ1v) is 3.05. The van der Waals surface area contributed by atoms with E-state index in [1.165, 1.54) is 0 Å². The van der Waals surface area contributed by atoms with Crippen LogP contribution in [0.2, 0.25) is 0 Å². The van der Waals surface area contributed by atoms with Crippen LogP contribution < -0.4 is 0 Å². The van der Waals surface area contributed by atoms with E-state index in [0.717, 1.165) is 0 Å². The first kappa shape index (κ1) is 285. The molecule has 0 aliphatic carbocycles. The molecule has 0 atom stereocenters. The molecular formula is C10H48Cu8O8+4. The molecule has 2 radical (unpaired) electrons. The van der Waals surface area contributed by atoms with Gasteiger partial charge in [-0.05, 0) is 0 Å². The van der Waals surface area contributed by atoms with Crippen molar-refractivity contribution in [3.8, 4) is 0 Å². The summed E-state index contributed by atoms with van der Waals surface area (Å²) in [5.74, 6) is 0. The van der Waals surface area contributed by atoms with Crippen LogP contribution in [0.5, 0.6) is 0 Å². The molecule has 26 heavy (non-hydrogen) atoms. The van der Waals surface area contributed by atoms with E-state index >= 15 is 0 Å². The van der Waals surface area contributed by atoms with Crippen molar-refractivity contribution in [1.82, 2.24) is 0 Å². The maximum atomic E-state index is 7.81. The molecule has 0 bridgehead atoms. The summed E-state index contributed by atoms with van der Waals surface area (Å²) in [4.78, 5) is 0. The van der Waals surface area contributed by atoms with E-state index in [0.29, 0.717) is 0 Å². The fourth-order valence-corrected chi connectivity index (χ4v) is 0. The zero-order chi connectivity index (χ0) is 12.0. The number of hydrogen-bond donors (Lipinski definition) is 0. The molecule has 0 aromatic carbocycles. The van der Waals surface area contributed by atoms with Crippen LogP contribution in [0.4, 0.5) is 0 Å². The van der Waals surface area contributed by atoms with Gasteiger partial charge in [-0.15, -0.1) is 0 Å². The molecular weight excluding hydrogens is 756 g/mol. The van der Waals surface area contributed by atoms with Gasteiger partial charge in [0.15, 0.2) is 0 Å². The zero-order valence-electron chi connectivity index (χ0n) is 9.86. The molecule has 0 aromatic rings. The number of rotatable bonds is 0. The van der Waals surface area contributed by atoms with Gasteiger partial charge < -0.3 is 11.0 Å². The first-order valence-electron chi connectivity index (χ1n) is 0.739. The Hall–Kier alpha value is 2.88. The van der Waals surface area contributed by atoms with Crippen LogP contribution in [0.1, 0.15) is 80.0 Å². The maximum absolute atomic E-state index is 7.81. The van der Waals surface area contributed by atoms with Crippen molar-refractivity contribution in [3.05, 3.63) is 0 Å². The van der Waals surface area contributed by atoms with Crippen LogP contribution in [0.3, 0.4) is 0 Å². The van der Waals surface area contributed by atoms with Crippen molar-refractivity contribution in [3.63, 3.8) is 0 Å². The van der Waals surface area contributed by atoms with Crippen molar-refractivity contribution in [1.29, 1.82) is 0 Å². The van der Waals surface area contributed by atoms with Gasteiger partial charge in [-0.1, -0.05) is 74.3 Å². The van der Waals surface area contributed by atoms with E-state index in [4.69, 9.17) is 23.0 Å². The second kappa shape index (κ2) is 2430. The van der Waals surface area contributed by atoms with Gasteiger partial charge in [0.05, 0.1) is 0 Å². The van der Waals surface area contributed by atoms with E-state index in [1.54, 1.807) is 0 Å². The standard InChI is InChI=1S/10CH4.8Cu.2H2O.6O/h10*1H4;;;;;;;;;2*1H2;;;;;;/p+4. The molecule has 220 valence electrons. The SMILES string of the molecule is C.C.C.C.C.C.C.C.C.C.O.O.[Cu].[Cu].[H+].[H+].[H+].[H+].[O]=[Cu].[O]=[Cu].[O]=[Cu].[O]=[Cu].[O]=[Cu].[O]=[Cu]. The summed E-state index contributed by atoms with van der Waals surface area (Å²) in [6, 6.07) is 0. The summed E-state index contributed by atoms with van der Waals surface area (Å²) in [5, 5.41) is 0. The molecule has 0 saturated carbocycles. The molecule has 16 heteroatoms. The summed E-state index contributed by atoms with van der Waals surface area (Å²) >= 11 is 17.6. The molecule has 0 saturated heterocycles. The summed E-state index contributed by atoms with van der Waals surface area (Å²) in [5.41, 5.74) is 0. The summed E-state index contributed by atoms with van der Waals surface area (Å²) in [7, 11) is 0. The Morgan fingerprint density at radius 3 is 0.269 bits per heavy atom. The Bertz CT molecular complexity index is 73.5. The van der Waals surface area contributed by atoms with Gasteiger partial charge in [-0.2, -0.15) is 0 Å². The van der Waals surface area contributed by atoms with Crippen LogP contribution in [-0.2, 0) is 153 Å². The molecule has 0 rings (SSSR count). The quantitative estimate of drug-likeness (QED) is 0.329. The minimum atomic E-state index is 0. The van der Waals surface area contributed by atoms with Crippen LogP contribution in [0.25, 0.3) is 0 Å². The van der Waals surface area contributed by atoms with E-state index < -0.39 is 0 Å². The third kappa shape index (κ3) is 2180. The molecule has 0 spiro atoms. The summed E-state index contributed by atoms with van der Waals surface area (Å²) in [6.07, 6.45) is 0. The molecule has 4 N–H and O–H groups in total. The average Bonchev–Trinajstić information content (AvgIpc) is 2.33. The zero-order valence-corrected chi connectivity index (χ0v) is 13.4. The second-order valence-electron chi connectivity index (χ2n) is 0. The normalized spacial score (nSPS) is 1.38. The van der Waals surface area contributed by atoms with Gasteiger partial charge in [-0.3, -0.25) is 0 Å². The predicted octanol–water partition coefficient (Wildman–Crippen LogP) is 4.43. The number of hydrogen-bond acceptors (Lipinski definition) is 6. The van der Waals surface area contributed by atoms with Crippen LogP contribution in [0, 0.1) is 0 Å². The van der Waals surface area contributed by atoms with Crippen LogP contribution in [-0.4, -0.2) is 11.0 Å². The van der Waals surface area contributed by atoms with Crippen molar-refractivity contribution >= 4 is 0 Å². The topological polar surface area (TPSA) is 165 Å². The van der Waals surface area contributed by atoms with Crippen molar-refractivity contribution in [2.45, 2.75) is 74.3 Å². The Labute approximate surface area is 241 Å². The molecule has 0 heterocycles. The molecule has 0 aliphatic heterocycles. The molecule has 0 aromatic heterocycles. The Morgan fingerprint density at radius 1 is 0.269 bits per heavy atom. The minimum absolute atomic E-state index is 0. The molecule has 0 unspecified atom stereocenters. The van der Waals surface area contributed by atoms with Gasteiger partial charge in [-0.25, -0.2) is 0 Å². The van der Waals surface area contributed by atoms with Gasteiger partial charge in [0.2, 0.25) is 0 Å². The monoisotopic (exact) mass is 800 g/mol. The Morgan fingerprint density at radius 2 is 0.269 bits per heavy atom. The van der Waals surface area contributed by atoms with Gasteiger partial charge >= 0.3 is 124 Å². The molecule has 0 fully saturated rings. The van der Waals surface area contributed by atoms with Crippen LogP contribution >= 0.6 is 0 Å². The first-order chi connectivity index (χ1) is 6.00. The predicted molar refractivity (Wildman–Crippen MR) is 83.1 cm³/mol. The summed E-state index contributed by atoms with van der Waals surface area (Å²) in [6.45, 7) is 0. The van der Waals surface area contributed by atoms with Gasteiger partial charge in [0, 0.05) is 34.1 Å². The third-order valence-electron chi connectivity index (χ3n) is 0. The van der Waals surface area contributed by atoms with Crippen molar-refractivity contribution in [2.24, 2.45) is 0 Å². The van der Waals surface area contributed by atoms with Gasteiger partial charge in [0.1, 0.15) is 0 Å². The average molecular weight is 805 g/mol. The summed E-state index contributed by atoms with van der Waals surface area (Å²) < 4.78 is 46.9. The van der Waals surface area contributed by atoms with Crippen molar-refractivity contribution < 1.29 is 169 Å². The molecule has 0 amide bonds. The van der Waals surface area contributed by atoms with E-state index in [1.807, 2.05) is 0 Å². The Balaban J connectivity index is -0.000000000584. The third-order valence-corrected chi connectivity index (χ3v) is 0. The van der Waals surface area contributed by atoms with E-state index in [-0.39, 0.29) is 125 Å². The Kier molecular flexibility index (Phi) is 26700.